The van der Waals surface area contributed by atoms with Crippen LogP contribution < -0.4 is 0 Å². The van der Waals surface area contributed by atoms with E-state index in [1.165, 1.54) is 4.68 Å². The van der Waals surface area contributed by atoms with Crippen molar-refractivity contribution >= 4 is 31.3 Å². The van der Waals surface area contributed by atoms with Crippen LogP contribution >= 0.6 is 19.2 Å². The zero-order chi connectivity index (χ0) is 16.2. The van der Waals surface area contributed by atoms with Crippen LogP contribution in [-0.4, -0.2) is 20.3 Å². The minimum absolute atomic E-state index is 0.166. The molecule has 0 bridgehead atoms. The van der Waals surface area contributed by atoms with E-state index in [1.54, 1.807) is 44.4 Å². The van der Waals surface area contributed by atoms with E-state index in [0.717, 1.165) is 10.6 Å². The zero-order valence-corrected chi connectivity index (χ0v) is 14.4. The minimum Gasteiger partial charge on any atom is -0.302 e. The number of thiophene rings is 1. The highest BCUT2D eigenvalue weighted by Gasteiger charge is 2.28. The van der Waals surface area contributed by atoms with Gasteiger partial charge in [-0.2, -0.15) is 5.10 Å². The van der Waals surface area contributed by atoms with Crippen LogP contribution in [0.2, 0.25) is 0 Å². The van der Waals surface area contributed by atoms with Gasteiger partial charge in [-0.25, -0.2) is 9.25 Å². The quantitative estimate of drug-likeness (QED) is 0.803. The Morgan fingerprint density at radius 3 is 2.82 bits per heavy atom. The molecule has 0 saturated heterocycles. The first-order valence-corrected chi connectivity index (χ1v) is 9.04. The molecule has 0 radical (unpaired) electrons. The fraction of sp³-hybridized carbons (Fsp3) is 0.357. The Balaban J connectivity index is 2.00. The van der Waals surface area contributed by atoms with Gasteiger partial charge in [0.2, 0.25) is 0 Å². The summed E-state index contributed by atoms with van der Waals surface area (Å²) in [7, 11) is -4.12. The van der Waals surface area contributed by atoms with Crippen molar-refractivity contribution in [3.63, 3.8) is 0 Å². The molecule has 22 heavy (non-hydrogen) atoms. The summed E-state index contributed by atoms with van der Waals surface area (Å²) < 4.78 is 23.3. The highest BCUT2D eigenvalue weighted by atomic mass is 32.1. The number of phosphoric ester groups is 1. The summed E-state index contributed by atoms with van der Waals surface area (Å²) in [5.41, 5.74) is 0.000178. The Bertz CT molecular complexity index is 673. The summed E-state index contributed by atoms with van der Waals surface area (Å²) in [5, 5.41) is 6.06. The molecule has 6 nitrogen and oxygen atoms in total. The molecular weight excluding hydrogens is 323 g/mol. The van der Waals surface area contributed by atoms with E-state index in [0.29, 0.717) is 0 Å². The number of phosphoric acid groups is 1. The summed E-state index contributed by atoms with van der Waals surface area (Å²) in [6, 6.07) is 5.76. The van der Waals surface area contributed by atoms with Crippen molar-refractivity contribution in [3.8, 4) is 0 Å². The van der Waals surface area contributed by atoms with Crippen molar-refractivity contribution in [1.29, 1.82) is 0 Å². The predicted octanol–water partition coefficient (Wildman–Crippen LogP) is 4.00. The molecule has 0 aliphatic rings. The fourth-order valence-electron chi connectivity index (χ4n) is 1.65. The van der Waals surface area contributed by atoms with Crippen molar-refractivity contribution in [2.45, 2.75) is 33.1 Å². The summed E-state index contributed by atoms with van der Waals surface area (Å²) in [6.07, 6.45) is 5.42. The topological polar surface area (TPSA) is 73.6 Å². The number of rotatable bonds is 6. The van der Waals surface area contributed by atoms with Gasteiger partial charge in [-0.05, 0) is 50.4 Å². The van der Waals surface area contributed by atoms with E-state index in [2.05, 4.69) is 5.10 Å². The molecule has 2 aromatic rings. The summed E-state index contributed by atoms with van der Waals surface area (Å²) in [4.78, 5) is 10.8. The maximum Gasteiger partial charge on any atom is 0.474 e. The number of hydrogen-bond acceptors (Lipinski definition) is 5. The lowest BCUT2D eigenvalue weighted by Gasteiger charge is -2.22. The largest absolute Gasteiger partial charge is 0.474 e. The van der Waals surface area contributed by atoms with E-state index in [9.17, 15) is 9.46 Å². The number of nitrogens with zero attached hydrogens (tertiary/aromatic N) is 2. The van der Waals surface area contributed by atoms with Gasteiger partial charge in [0.1, 0.15) is 0 Å². The van der Waals surface area contributed by atoms with E-state index >= 15 is 0 Å². The van der Waals surface area contributed by atoms with Gasteiger partial charge in [0.15, 0.2) is 6.73 Å². The Morgan fingerprint density at radius 2 is 2.18 bits per heavy atom. The molecule has 1 unspecified atom stereocenters. The lowest BCUT2D eigenvalue weighted by molar-refractivity contribution is 0.0462. The molecular formula is C14H19N2O4PS. The van der Waals surface area contributed by atoms with Crippen molar-refractivity contribution in [2.75, 3.05) is 0 Å². The monoisotopic (exact) mass is 342 g/mol. The van der Waals surface area contributed by atoms with Gasteiger partial charge in [0.25, 0.3) is 0 Å². The lowest BCUT2D eigenvalue weighted by Crippen LogP contribution is -2.18. The van der Waals surface area contributed by atoms with Crippen LogP contribution in [0.5, 0.6) is 0 Å². The standard InChI is InChI=1S/C14H19N2O4PS/c1-14(2,3)20-21(17,18)19-11-16-12(8-9-15-16)6-7-13-5-4-10-22-13/h4-10H,11H2,1-3H3,(H,17,18). The van der Waals surface area contributed by atoms with Gasteiger partial charge in [-0.3, -0.25) is 9.05 Å². The third-order valence-electron chi connectivity index (χ3n) is 2.44. The van der Waals surface area contributed by atoms with Crippen LogP contribution in [0.3, 0.4) is 0 Å². The highest BCUT2D eigenvalue weighted by Crippen LogP contribution is 2.47. The molecule has 2 aromatic heterocycles. The van der Waals surface area contributed by atoms with E-state index < -0.39 is 13.4 Å². The average Bonchev–Trinajstić information content (AvgIpc) is 3.02. The van der Waals surface area contributed by atoms with Gasteiger partial charge in [0.05, 0.1) is 11.3 Å². The third kappa shape index (κ3) is 5.51. The van der Waals surface area contributed by atoms with Crippen LogP contribution in [0.4, 0.5) is 0 Å². The van der Waals surface area contributed by atoms with Crippen LogP contribution in [0.15, 0.2) is 29.8 Å². The van der Waals surface area contributed by atoms with Gasteiger partial charge < -0.3 is 4.89 Å². The Hall–Kier alpha value is -1.24. The smallest absolute Gasteiger partial charge is 0.302 e. The van der Waals surface area contributed by atoms with Crippen LogP contribution in [-0.2, 0) is 20.3 Å². The second-order valence-electron chi connectivity index (χ2n) is 5.53. The Kier molecular flexibility index (Phi) is 5.36. The van der Waals surface area contributed by atoms with Crippen LogP contribution in [0, 0.1) is 0 Å². The molecule has 0 aliphatic carbocycles. The van der Waals surface area contributed by atoms with Gasteiger partial charge in [-0.1, -0.05) is 6.07 Å². The third-order valence-corrected chi connectivity index (χ3v) is 4.50. The minimum atomic E-state index is -4.12. The molecule has 2 rings (SSSR count). The number of hydrogen-bond donors (Lipinski definition) is 1. The molecule has 0 aromatic carbocycles. The fourth-order valence-corrected chi connectivity index (χ4v) is 3.26. The second-order valence-corrected chi connectivity index (χ2v) is 7.89. The molecule has 0 saturated carbocycles. The van der Waals surface area contributed by atoms with Crippen molar-refractivity contribution in [2.24, 2.45) is 0 Å². The zero-order valence-electron chi connectivity index (χ0n) is 12.7. The molecule has 0 spiro atoms. The lowest BCUT2D eigenvalue weighted by atomic mass is 10.2. The number of aromatic nitrogens is 2. The molecule has 1 N–H and O–H groups in total. The van der Waals surface area contributed by atoms with Crippen molar-refractivity contribution < 1.29 is 18.5 Å². The van der Waals surface area contributed by atoms with Crippen molar-refractivity contribution in [1.82, 2.24) is 9.78 Å². The van der Waals surface area contributed by atoms with Crippen LogP contribution in [0.25, 0.3) is 12.2 Å². The molecule has 2 heterocycles. The summed E-state index contributed by atoms with van der Waals surface area (Å²) >= 11 is 1.62. The Morgan fingerprint density at radius 1 is 1.41 bits per heavy atom. The van der Waals surface area contributed by atoms with E-state index in [4.69, 9.17) is 9.05 Å². The highest BCUT2D eigenvalue weighted by molar-refractivity contribution is 7.47. The predicted molar refractivity (Wildman–Crippen MR) is 87.2 cm³/mol. The van der Waals surface area contributed by atoms with Gasteiger partial charge >= 0.3 is 7.82 Å². The van der Waals surface area contributed by atoms with Crippen LogP contribution in [0.1, 0.15) is 31.3 Å². The van der Waals surface area contributed by atoms with Gasteiger partial charge in [-0.15, -0.1) is 11.3 Å². The van der Waals surface area contributed by atoms with E-state index in [1.807, 2.05) is 29.7 Å². The first-order valence-electron chi connectivity index (χ1n) is 6.67. The molecule has 1 atom stereocenters. The average molecular weight is 342 g/mol. The first-order chi connectivity index (χ1) is 10.3. The van der Waals surface area contributed by atoms with Gasteiger partial charge in [0, 0.05) is 11.1 Å². The summed E-state index contributed by atoms with van der Waals surface area (Å²) in [6.45, 7) is 4.88. The second kappa shape index (κ2) is 6.89. The normalized spacial score (nSPS) is 15.3. The molecule has 8 heteroatoms. The molecule has 0 aliphatic heterocycles. The SMILES string of the molecule is CC(C)(C)OP(=O)(O)OCn1nccc1C=Cc1cccs1. The van der Waals surface area contributed by atoms with Crippen molar-refractivity contribution in [3.05, 3.63) is 40.3 Å². The van der Waals surface area contributed by atoms with E-state index in [-0.39, 0.29) is 6.73 Å². The Labute approximate surface area is 133 Å². The molecule has 120 valence electrons. The first kappa shape index (κ1) is 17.1. The maximum absolute atomic E-state index is 11.8. The molecule has 0 fully saturated rings. The maximum atomic E-state index is 11.8. The molecule has 0 amide bonds. The summed E-state index contributed by atoms with van der Waals surface area (Å²) in [5.74, 6) is 0.